The summed E-state index contributed by atoms with van der Waals surface area (Å²) in [5, 5.41) is 7.75. The van der Waals surface area contributed by atoms with E-state index in [1.54, 1.807) is 0 Å². The number of anilines is 1. The van der Waals surface area contributed by atoms with Crippen LogP contribution in [0.15, 0.2) is 4.52 Å². The van der Waals surface area contributed by atoms with E-state index in [4.69, 9.17) is 9.26 Å². The minimum atomic E-state index is -0.374. The van der Waals surface area contributed by atoms with Crippen molar-refractivity contribution in [2.45, 2.75) is 64.8 Å². The Labute approximate surface area is 174 Å². The number of urea groups is 1. The Kier molecular flexibility index (Phi) is 5.63. The zero-order chi connectivity index (χ0) is 20.5. The summed E-state index contributed by atoms with van der Waals surface area (Å²) in [7, 11) is 1.39. The van der Waals surface area contributed by atoms with E-state index in [9.17, 15) is 9.59 Å². The van der Waals surface area contributed by atoms with Gasteiger partial charge in [-0.2, -0.15) is 0 Å². The van der Waals surface area contributed by atoms with Crippen LogP contribution in [0.2, 0.25) is 0 Å². The Balaban J connectivity index is 1.62. The van der Waals surface area contributed by atoms with E-state index in [-0.39, 0.29) is 18.0 Å². The number of nitrogens with one attached hydrogen (secondary N) is 1. The van der Waals surface area contributed by atoms with Gasteiger partial charge in [-0.1, -0.05) is 12.1 Å². The molecule has 7 nitrogen and oxygen atoms in total. The van der Waals surface area contributed by atoms with Gasteiger partial charge in [0.2, 0.25) is 0 Å². The van der Waals surface area contributed by atoms with E-state index in [1.165, 1.54) is 23.3 Å². The molecule has 2 aliphatic rings. The fraction of sp³-hybridized carbons (Fsp3) is 0.571. The lowest BCUT2D eigenvalue weighted by Crippen LogP contribution is -2.35. The van der Waals surface area contributed by atoms with Gasteiger partial charge in [0.05, 0.1) is 24.4 Å². The zero-order valence-corrected chi connectivity index (χ0v) is 18.0. The first-order chi connectivity index (χ1) is 14.0. The van der Waals surface area contributed by atoms with Crippen LogP contribution in [-0.2, 0) is 24.0 Å². The lowest BCUT2D eigenvalue weighted by atomic mass is 9.95. The maximum Gasteiger partial charge on any atom is 0.341 e. The first-order valence-electron chi connectivity index (χ1n) is 10.3. The molecular formula is C21H27N3O4S. The van der Waals surface area contributed by atoms with Gasteiger partial charge in [-0.25, -0.2) is 9.59 Å². The highest BCUT2D eigenvalue weighted by molar-refractivity contribution is 7.17. The molecule has 0 radical (unpaired) electrons. The molecule has 1 N–H and O–H groups in total. The van der Waals surface area contributed by atoms with E-state index in [0.717, 1.165) is 67.5 Å². The van der Waals surface area contributed by atoms with Crippen molar-refractivity contribution in [3.8, 4) is 0 Å². The Hall–Kier alpha value is -2.35. The molecule has 8 heteroatoms. The number of fused-ring (bicyclic) bond motifs is 1. The summed E-state index contributed by atoms with van der Waals surface area (Å²) in [6.07, 6.45) is 6.53. The molecule has 0 bridgehead atoms. The number of rotatable bonds is 4. The molecule has 0 unspecified atom stereocenters. The van der Waals surface area contributed by atoms with Crippen LogP contribution in [0.3, 0.4) is 0 Å². The Morgan fingerprint density at radius 2 is 2.10 bits per heavy atom. The Bertz CT molecular complexity index is 933. The normalized spacial score (nSPS) is 18.6. The van der Waals surface area contributed by atoms with Gasteiger partial charge in [0.25, 0.3) is 0 Å². The maximum absolute atomic E-state index is 13.2. The molecule has 2 amide bonds. The summed E-state index contributed by atoms with van der Waals surface area (Å²) in [5.74, 6) is 0.467. The quantitative estimate of drug-likeness (QED) is 0.733. The standard InChI is InChI=1S/C21H27N3O4S/c1-4-15-17(12(2)23-28-15)14-9-7-11-24(14)21(26)22-19-18(20(25)27-3)13-8-5-6-10-16(13)29-19/h14H,4-11H2,1-3H3,(H,22,26)/t14-/m0/s1. The molecule has 2 aromatic heterocycles. The third-order valence-electron chi connectivity index (χ3n) is 5.93. The summed E-state index contributed by atoms with van der Waals surface area (Å²) in [5.41, 5.74) is 3.45. The molecular weight excluding hydrogens is 390 g/mol. The van der Waals surface area contributed by atoms with E-state index in [1.807, 2.05) is 18.7 Å². The first-order valence-corrected chi connectivity index (χ1v) is 11.1. The predicted octanol–water partition coefficient (Wildman–Crippen LogP) is 4.64. The Morgan fingerprint density at radius 1 is 1.31 bits per heavy atom. The fourth-order valence-electron chi connectivity index (χ4n) is 4.56. The topological polar surface area (TPSA) is 84.7 Å². The number of methoxy groups -OCH3 is 1. The third kappa shape index (κ3) is 3.54. The molecule has 4 rings (SSSR count). The van der Waals surface area contributed by atoms with Gasteiger partial charge < -0.3 is 14.2 Å². The fourth-order valence-corrected chi connectivity index (χ4v) is 5.82. The van der Waals surface area contributed by atoms with Crippen molar-refractivity contribution in [1.29, 1.82) is 0 Å². The van der Waals surface area contributed by atoms with Crippen LogP contribution >= 0.6 is 11.3 Å². The maximum atomic E-state index is 13.2. The number of esters is 1. The van der Waals surface area contributed by atoms with E-state index in [2.05, 4.69) is 10.5 Å². The lowest BCUT2D eigenvalue weighted by Gasteiger charge is -2.25. The van der Waals surface area contributed by atoms with Crippen LogP contribution in [0.5, 0.6) is 0 Å². The SMILES string of the molecule is CCc1onc(C)c1[C@@H]1CCCN1C(=O)Nc1sc2c(c1C(=O)OC)CCCC2. The number of aromatic nitrogens is 1. The third-order valence-corrected chi connectivity index (χ3v) is 7.14. The number of likely N-dealkylation sites (tertiary alicyclic amines) is 1. The first kappa shape index (κ1) is 19.9. The van der Waals surface area contributed by atoms with Crippen LogP contribution in [0, 0.1) is 6.92 Å². The van der Waals surface area contributed by atoms with Gasteiger partial charge in [-0.3, -0.25) is 5.32 Å². The van der Waals surface area contributed by atoms with Crippen LogP contribution in [0.1, 0.15) is 76.5 Å². The van der Waals surface area contributed by atoms with Gasteiger partial charge in [0, 0.05) is 23.4 Å². The van der Waals surface area contributed by atoms with Gasteiger partial charge in [0.15, 0.2) is 0 Å². The molecule has 156 valence electrons. The zero-order valence-electron chi connectivity index (χ0n) is 17.2. The number of hydrogen-bond donors (Lipinski definition) is 1. The molecule has 3 heterocycles. The molecule has 29 heavy (non-hydrogen) atoms. The summed E-state index contributed by atoms with van der Waals surface area (Å²) in [4.78, 5) is 28.7. The summed E-state index contributed by atoms with van der Waals surface area (Å²) < 4.78 is 10.5. The molecule has 1 aliphatic heterocycles. The van der Waals surface area contributed by atoms with E-state index < -0.39 is 0 Å². The van der Waals surface area contributed by atoms with Crippen molar-refractivity contribution in [1.82, 2.24) is 10.1 Å². The highest BCUT2D eigenvalue weighted by Crippen LogP contribution is 2.40. The van der Waals surface area contributed by atoms with Crippen molar-refractivity contribution in [3.63, 3.8) is 0 Å². The molecule has 1 fully saturated rings. The van der Waals surface area contributed by atoms with Crippen molar-refractivity contribution in [2.24, 2.45) is 0 Å². The van der Waals surface area contributed by atoms with Crippen molar-refractivity contribution in [3.05, 3.63) is 33.0 Å². The van der Waals surface area contributed by atoms with Gasteiger partial charge >= 0.3 is 12.0 Å². The number of carbonyl (C=O) groups is 2. The molecule has 0 aromatic carbocycles. The number of ether oxygens (including phenoxy) is 1. The number of amides is 2. The minimum Gasteiger partial charge on any atom is -0.465 e. The van der Waals surface area contributed by atoms with E-state index in [0.29, 0.717) is 17.1 Å². The average Bonchev–Trinajstić information content (AvgIpc) is 3.43. The number of nitrogens with zero attached hydrogens (tertiary/aromatic N) is 2. The lowest BCUT2D eigenvalue weighted by molar-refractivity contribution is 0.0601. The number of carbonyl (C=O) groups excluding carboxylic acids is 2. The van der Waals surface area contributed by atoms with Crippen molar-refractivity contribution >= 4 is 28.3 Å². The van der Waals surface area contributed by atoms with E-state index >= 15 is 0 Å². The van der Waals surface area contributed by atoms with Gasteiger partial charge in [0.1, 0.15) is 10.8 Å². The molecule has 0 saturated carbocycles. The van der Waals surface area contributed by atoms with Gasteiger partial charge in [-0.05, 0) is 51.0 Å². The summed E-state index contributed by atoms with van der Waals surface area (Å²) >= 11 is 1.51. The second kappa shape index (κ2) is 8.18. The van der Waals surface area contributed by atoms with Gasteiger partial charge in [-0.15, -0.1) is 11.3 Å². The number of hydrogen-bond acceptors (Lipinski definition) is 6. The monoisotopic (exact) mass is 417 g/mol. The molecule has 2 aromatic rings. The summed E-state index contributed by atoms with van der Waals surface area (Å²) in [6, 6.07) is -0.230. The highest BCUT2D eigenvalue weighted by Gasteiger charge is 2.35. The van der Waals surface area contributed by atoms with Crippen molar-refractivity contribution in [2.75, 3.05) is 19.0 Å². The van der Waals surface area contributed by atoms with Crippen molar-refractivity contribution < 1.29 is 18.8 Å². The number of aryl methyl sites for hydroxylation is 3. The molecule has 1 atom stereocenters. The second-order valence-electron chi connectivity index (χ2n) is 7.65. The predicted molar refractivity (Wildman–Crippen MR) is 111 cm³/mol. The summed E-state index contributed by atoms with van der Waals surface area (Å²) in [6.45, 7) is 4.62. The van der Waals surface area contributed by atoms with Crippen LogP contribution < -0.4 is 5.32 Å². The van der Waals surface area contributed by atoms with Crippen LogP contribution in [0.4, 0.5) is 9.80 Å². The highest BCUT2D eigenvalue weighted by atomic mass is 32.1. The molecule has 0 spiro atoms. The second-order valence-corrected chi connectivity index (χ2v) is 8.75. The largest absolute Gasteiger partial charge is 0.465 e. The Morgan fingerprint density at radius 3 is 2.86 bits per heavy atom. The minimum absolute atomic E-state index is 0.0487. The van der Waals surface area contributed by atoms with Crippen LogP contribution in [0.25, 0.3) is 0 Å². The van der Waals surface area contributed by atoms with Crippen LogP contribution in [-0.4, -0.2) is 35.7 Å². The smallest absolute Gasteiger partial charge is 0.341 e. The molecule has 1 saturated heterocycles. The molecule has 1 aliphatic carbocycles. The average molecular weight is 418 g/mol. The number of thiophene rings is 1.